The largest absolute Gasteiger partial charge is 0.340 e. The number of likely N-dealkylation sites (tertiary alicyclic amines) is 1. The van der Waals surface area contributed by atoms with Gasteiger partial charge in [0.25, 0.3) is 0 Å². The minimum atomic E-state index is 0.153. The van der Waals surface area contributed by atoms with E-state index in [4.69, 9.17) is 0 Å². The molecule has 4 aromatic rings. The Morgan fingerprint density at radius 2 is 1.97 bits per heavy atom. The zero-order valence-electron chi connectivity index (χ0n) is 15.6. The van der Waals surface area contributed by atoms with Crippen LogP contribution in [0.2, 0.25) is 0 Å². The van der Waals surface area contributed by atoms with Crippen molar-refractivity contribution in [3.63, 3.8) is 0 Å². The van der Waals surface area contributed by atoms with E-state index in [0.717, 1.165) is 38.8 Å². The number of nitrogens with zero attached hydrogens (tertiary/aromatic N) is 5. The molecule has 0 saturated carbocycles. The third-order valence-electron chi connectivity index (χ3n) is 5.06. The van der Waals surface area contributed by atoms with Gasteiger partial charge in [-0.2, -0.15) is 0 Å². The van der Waals surface area contributed by atoms with Crippen LogP contribution in [0.25, 0.3) is 21.5 Å². The van der Waals surface area contributed by atoms with Crippen LogP contribution in [0, 0.1) is 0 Å². The average Bonchev–Trinajstić information content (AvgIpc) is 3.51. The maximum Gasteiger partial charge on any atom is 0.233 e. The minimum Gasteiger partial charge on any atom is -0.340 e. The van der Waals surface area contributed by atoms with Crippen molar-refractivity contribution in [3.8, 4) is 11.3 Å². The lowest BCUT2D eigenvalue weighted by atomic mass is 10.2. The van der Waals surface area contributed by atoms with Crippen molar-refractivity contribution >= 4 is 39.2 Å². The van der Waals surface area contributed by atoms with Crippen molar-refractivity contribution in [1.29, 1.82) is 0 Å². The second kappa shape index (κ2) is 7.96. The SMILES string of the molecule is O=C(CSc1nc2ccccc2s1)N1CC[C@H](n2cc(-c3ccccc3)nn2)C1. The molecular formula is C21H19N5OS2. The smallest absolute Gasteiger partial charge is 0.233 e. The van der Waals surface area contributed by atoms with Gasteiger partial charge in [0.2, 0.25) is 5.91 Å². The van der Waals surface area contributed by atoms with E-state index in [-0.39, 0.29) is 11.9 Å². The number of carbonyl (C=O) groups is 1. The zero-order chi connectivity index (χ0) is 19.6. The highest BCUT2D eigenvalue weighted by Gasteiger charge is 2.28. The maximum atomic E-state index is 12.7. The average molecular weight is 422 g/mol. The second-order valence-corrected chi connectivity index (χ2v) is 9.22. The molecule has 1 amide bonds. The van der Waals surface area contributed by atoms with Crippen molar-refractivity contribution in [1.82, 2.24) is 24.9 Å². The molecule has 8 heteroatoms. The summed E-state index contributed by atoms with van der Waals surface area (Å²) in [6.45, 7) is 1.43. The van der Waals surface area contributed by atoms with Gasteiger partial charge in [-0.1, -0.05) is 59.4 Å². The van der Waals surface area contributed by atoms with Crippen LogP contribution >= 0.6 is 23.1 Å². The fraction of sp³-hybridized carbons (Fsp3) is 0.238. The van der Waals surface area contributed by atoms with Crippen LogP contribution in [-0.2, 0) is 4.79 Å². The van der Waals surface area contributed by atoms with E-state index in [1.165, 1.54) is 11.8 Å². The number of para-hydroxylation sites is 1. The van der Waals surface area contributed by atoms with Crippen LogP contribution in [0.5, 0.6) is 0 Å². The molecule has 1 saturated heterocycles. The van der Waals surface area contributed by atoms with Gasteiger partial charge in [0.15, 0.2) is 4.34 Å². The molecule has 1 aliphatic heterocycles. The summed E-state index contributed by atoms with van der Waals surface area (Å²) in [6.07, 6.45) is 2.87. The molecule has 0 bridgehead atoms. The summed E-state index contributed by atoms with van der Waals surface area (Å²) < 4.78 is 4.00. The molecule has 0 spiro atoms. The van der Waals surface area contributed by atoms with Crippen molar-refractivity contribution in [2.45, 2.75) is 16.8 Å². The molecular weight excluding hydrogens is 402 g/mol. The van der Waals surface area contributed by atoms with Gasteiger partial charge < -0.3 is 4.90 Å². The summed E-state index contributed by atoms with van der Waals surface area (Å²) >= 11 is 3.16. The molecule has 146 valence electrons. The predicted octanol–water partition coefficient (Wildman–Crippen LogP) is 4.12. The van der Waals surface area contributed by atoms with E-state index in [9.17, 15) is 4.79 Å². The maximum absolute atomic E-state index is 12.7. The number of carbonyl (C=O) groups excluding carboxylic acids is 1. The molecule has 29 heavy (non-hydrogen) atoms. The van der Waals surface area contributed by atoms with E-state index in [1.54, 1.807) is 11.3 Å². The van der Waals surface area contributed by atoms with Gasteiger partial charge in [0.1, 0.15) is 5.69 Å². The monoisotopic (exact) mass is 421 g/mol. The van der Waals surface area contributed by atoms with Gasteiger partial charge in [-0.15, -0.1) is 16.4 Å². The summed E-state index contributed by atoms with van der Waals surface area (Å²) in [7, 11) is 0. The fourth-order valence-electron chi connectivity index (χ4n) is 3.51. The Morgan fingerprint density at radius 1 is 1.14 bits per heavy atom. The van der Waals surface area contributed by atoms with Gasteiger partial charge in [-0.05, 0) is 18.6 Å². The molecule has 0 N–H and O–H groups in total. The van der Waals surface area contributed by atoms with Gasteiger partial charge in [0, 0.05) is 18.7 Å². The van der Waals surface area contributed by atoms with Gasteiger partial charge in [0.05, 0.1) is 28.2 Å². The molecule has 0 radical (unpaired) electrons. The summed E-state index contributed by atoms with van der Waals surface area (Å²) in [5.74, 6) is 0.569. The van der Waals surface area contributed by atoms with Crippen LogP contribution in [0.4, 0.5) is 0 Å². The number of amides is 1. The van der Waals surface area contributed by atoms with Crippen LogP contribution in [0.3, 0.4) is 0 Å². The lowest BCUT2D eigenvalue weighted by Crippen LogP contribution is -2.30. The number of benzene rings is 2. The van der Waals surface area contributed by atoms with E-state index in [0.29, 0.717) is 12.3 Å². The van der Waals surface area contributed by atoms with Crippen molar-refractivity contribution in [2.24, 2.45) is 0 Å². The first-order valence-electron chi connectivity index (χ1n) is 9.50. The quantitative estimate of drug-likeness (QED) is 0.454. The Labute approximate surface area is 176 Å². The highest BCUT2D eigenvalue weighted by atomic mass is 32.2. The third kappa shape index (κ3) is 3.90. The molecule has 0 aliphatic carbocycles. The summed E-state index contributed by atoms with van der Waals surface area (Å²) in [5, 5.41) is 8.60. The molecule has 1 fully saturated rings. The molecule has 2 aromatic carbocycles. The Hall–Kier alpha value is -2.71. The van der Waals surface area contributed by atoms with Crippen molar-refractivity contribution in [2.75, 3.05) is 18.8 Å². The number of thiazole rings is 1. The lowest BCUT2D eigenvalue weighted by Gasteiger charge is -2.15. The first kappa shape index (κ1) is 18.3. The highest BCUT2D eigenvalue weighted by molar-refractivity contribution is 8.01. The zero-order valence-corrected chi connectivity index (χ0v) is 17.3. The van der Waals surface area contributed by atoms with Crippen molar-refractivity contribution < 1.29 is 4.79 Å². The third-order valence-corrected chi connectivity index (χ3v) is 7.23. The van der Waals surface area contributed by atoms with Gasteiger partial charge in [-0.25, -0.2) is 9.67 Å². The Kier molecular flexibility index (Phi) is 5.03. The van der Waals surface area contributed by atoms with Crippen LogP contribution < -0.4 is 0 Å². The summed E-state index contributed by atoms with van der Waals surface area (Å²) in [5.41, 5.74) is 2.91. The Morgan fingerprint density at radius 3 is 2.83 bits per heavy atom. The van der Waals surface area contributed by atoms with Crippen LogP contribution in [0.1, 0.15) is 12.5 Å². The minimum absolute atomic E-state index is 0.153. The van der Waals surface area contributed by atoms with E-state index >= 15 is 0 Å². The number of thioether (sulfide) groups is 1. The standard InChI is InChI=1S/C21H19N5OS2/c27-20(14-28-21-22-17-8-4-5-9-19(17)29-21)25-11-10-16(12-25)26-13-18(23-24-26)15-6-2-1-3-7-15/h1-9,13,16H,10-12,14H2/t16-/m0/s1. The first-order valence-corrected chi connectivity index (χ1v) is 11.3. The Balaban J connectivity index is 1.19. The number of rotatable bonds is 5. The summed E-state index contributed by atoms with van der Waals surface area (Å²) in [6, 6.07) is 18.3. The summed E-state index contributed by atoms with van der Waals surface area (Å²) in [4.78, 5) is 19.2. The predicted molar refractivity (Wildman–Crippen MR) is 116 cm³/mol. The molecule has 6 nitrogen and oxygen atoms in total. The van der Waals surface area contributed by atoms with Crippen LogP contribution in [0.15, 0.2) is 65.1 Å². The van der Waals surface area contributed by atoms with Crippen molar-refractivity contribution in [3.05, 3.63) is 60.8 Å². The molecule has 5 rings (SSSR count). The molecule has 1 aliphatic rings. The number of aromatic nitrogens is 4. The normalized spacial score (nSPS) is 16.6. The number of hydrogen-bond acceptors (Lipinski definition) is 6. The Bertz CT molecular complexity index is 1110. The molecule has 1 atom stereocenters. The number of hydrogen-bond donors (Lipinski definition) is 0. The highest BCUT2D eigenvalue weighted by Crippen LogP contribution is 2.30. The van der Waals surface area contributed by atoms with E-state index < -0.39 is 0 Å². The lowest BCUT2D eigenvalue weighted by molar-refractivity contribution is -0.127. The van der Waals surface area contributed by atoms with Crippen LogP contribution in [-0.4, -0.2) is 49.6 Å². The van der Waals surface area contributed by atoms with Gasteiger partial charge >= 0.3 is 0 Å². The molecule has 2 aromatic heterocycles. The first-order chi connectivity index (χ1) is 14.3. The van der Waals surface area contributed by atoms with E-state index in [2.05, 4.69) is 21.4 Å². The van der Waals surface area contributed by atoms with Gasteiger partial charge in [-0.3, -0.25) is 4.79 Å². The second-order valence-electron chi connectivity index (χ2n) is 6.97. The molecule has 0 unspecified atom stereocenters. The topological polar surface area (TPSA) is 63.9 Å². The van der Waals surface area contributed by atoms with E-state index in [1.807, 2.05) is 64.3 Å². The molecule has 3 heterocycles. The fourth-order valence-corrected chi connectivity index (χ4v) is 5.48. The number of fused-ring (bicyclic) bond motifs is 1.